The van der Waals surface area contributed by atoms with Crippen molar-refractivity contribution in [2.75, 3.05) is 11.6 Å². The number of aromatic amines is 1. The smallest absolute Gasteiger partial charge is 0.274 e. The molecule has 0 aliphatic rings. The average molecular weight is 431 g/mol. The van der Waals surface area contributed by atoms with E-state index in [1.54, 1.807) is 49.4 Å². The molecule has 2 aromatic heterocycles. The van der Waals surface area contributed by atoms with E-state index in [1.165, 1.54) is 12.3 Å². The highest BCUT2D eigenvalue weighted by molar-refractivity contribution is 7.90. The van der Waals surface area contributed by atoms with Crippen LogP contribution >= 0.6 is 0 Å². The van der Waals surface area contributed by atoms with Crippen LogP contribution < -0.4 is 5.32 Å². The molecule has 0 aliphatic heterocycles. The number of H-pyrrole nitrogens is 1. The van der Waals surface area contributed by atoms with E-state index in [9.17, 15) is 13.2 Å². The molecule has 2 N–H and O–H groups in total. The monoisotopic (exact) mass is 431 g/mol. The Labute approximate surface area is 178 Å². The standard InChI is InChI=1S/C22H17N5O3S/c1-13-8-14(11-23)12-24-20(13)22(28)25-16-6-7-19-18(10-16)21(27-26-19)15-4-3-5-17(9-15)31(2,29)30/h3-10,12H,1-2H3,(H,25,28)(H,26,27). The summed E-state index contributed by atoms with van der Waals surface area (Å²) < 4.78 is 23.8. The number of hydrogen-bond acceptors (Lipinski definition) is 6. The lowest BCUT2D eigenvalue weighted by Gasteiger charge is -2.08. The largest absolute Gasteiger partial charge is 0.321 e. The number of benzene rings is 2. The number of carbonyl (C=O) groups excluding carboxylic acids is 1. The highest BCUT2D eigenvalue weighted by Crippen LogP contribution is 2.30. The fourth-order valence-electron chi connectivity index (χ4n) is 3.25. The van der Waals surface area contributed by atoms with Crippen LogP contribution in [0.4, 0.5) is 5.69 Å². The number of aryl methyl sites for hydroxylation is 1. The zero-order valence-corrected chi connectivity index (χ0v) is 17.5. The van der Waals surface area contributed by atoms with Crippen LogP contribution in [0.2, 0.25) is 0 Å². The number of fused-ring (bicyclic) bond motifs is 1. The van der Waals surface area contributed by atoms with Crippen molar-refractivity contribution in [2.24, 2.45) is 0 Å². The van der Waals surface area contributed by atoms with Gasteiger partial charge >= 0.3 is 0 Å². The molecule has 154 valence electrons. The third-order valence-corrected chi connectivity index (χ3v) is 5.89. The highest BCUT2D eigenvalue weighted by atomic mass is 32.2. The number of rotatable bonds is 4. The van der Waals surface area contributed by atoms with Gasteiger partial charge in [0.15, 0.2) is 9.84 Å². The van der Waals surface area contributed by atoms with Gasteiger partial charge in [-0.3, -0.25) is 9.89 Å². The third-order valence-electron chi connectivity index (χ3n) is 4.78. The van der Waals surface area contributed by atoms with E-state index in [4.69, 9.17) is 5.26 Å². The molecule has 0 spiro atoms. The van der Waals surface area contributed by atoms with E-state index >= 15 is 0 Å². The molecule has 4 aromatic rings. The van der Waals surface area contributed by atoms with Gasteiger partial charge in [-0.1, -0.05) is 12.1 Å². The Kier molecular flexibility index (Phi) is 5.01. The van der Waals surface area contributed by atoms with Gasteiger partial charge in [-0.2, -0.15) is 10.4 Å². The summed E-state index contributed by atoms with van der Waals surface area (Å²) in [5, 5.41) is 19.7. The molecule has 0 bridgehead atoms. The number of pyridine rings is 1. The van der Waals surface area contributed by atoms with Crippen LogP contribution in [-0.4, -0.2) is 35.8 Å². The van der Waals surface area contributed by atoms with Gasteiger partial charge in [0.1, 0.15) is 17.5 Å². The molecule has 1 amide bonds. The maximum atomic E-state index is 12.7. The highest BCUT2D eigenvalue weighted by Gasteiger charge is 2.15. The topological polar surface area (TPSA) is 129 Å². The molecule has 0 unspecified atom stereocenters. The fraction of sp³-hybridized carbons (Fsp3) is 0.0909. The Morgan fingerprint density at radius 3 is 2.68 bits per heavy atom. The Bertz CT molecular complexity index is 1480. The summed E-state index contributed by atoms with van der Waals surface area (Å²) in [5.74, 6) is -0.398. The molecule has 2 aromatic carbocycles. The minimum Gasteiger partial charge on any atom is -0.321 e. The van der Waals surface area contributed by atoms with Crippen LogP contribution in [0.1, 0.15) is 21.6 Å². The SMILES string of the molecule is Cc1cc(C#N)cnc1C(=O)Nc1ccc2[nH]nc(-c3cccc(S(C)(=O)=O)c3)c2c1. The molecule has 0 aliphatic carbocycles. The minimum atomic E-state index is -3.36. The van der Waals surface area contributed by atoms with Crippen molar-refractivity contribution < 1.29 is 13.2 Å². The molecule has 0 atom stereocenters. The van der Waals surface area contributed by atoms with E-state index in [0.29, 0.717) is 28.1 Å². The van der Waals surface area contributed by atoms with Gasteiger partial charge in [0.25, 0.3) is 5.91 Å². The molecule has 0 saturated carbocycles. The summed E-state index contributed by atoms with van der Waals surface area (Å²) in [6.07, 6.45) is 2.51. The predicted octanol–water partition coefficient (Wildman–Crippen LogP) is 3.46. The van der Waals surface area contributed by atoms with E-state index in [0.717, 1.165) is 17.2 Å². The number of nitriles is 1. The lowest BCUT2D eigenvalue weighted by Crippen LogP contribution is -2.15. The third kappa shape index (κ3) is 4.01. The van der Waals surface area contributed by atoms with E-state index in [1.807, 2.05) is 6.07 Å². The number of aromatic nitrogens is 3. The zero-order chi connectivity index (χ0) is 22.2. The number of hydrogen-bond donors (Lipinski definition) is 2. The van der Waals surface area contributed by atoms with Crippen molar-refractivity contribution >= 4 is 32.3 Å². The number of amides is 1. The van der Waals surface area contributed by atoms with Gasteiger partial charge in [-0.05, 0) is 48.9 Å². The summed E-state index contributed by atoms with van der Waals surface area (Å²) in [5.41, 5.74) is 3.70. The van der Waals surface area contributed by atoms with Crippen LogP contribution in [0.15, 0.2) is 59.6 Å². The predicted molar refractivity (Wildman–Crippen MR) is 116 cm³/mol. The molecule has 4 rings (SSSR count). The molecule has 2 heterocycles. The minimum absolute atomic E-state index is 0.202. The lowest BCUT2D eigenvalue weighted by atomic mass is 10.1. The van der Waals surface area contributed by atoms with Crippen molar-refractivity contribution in [1.29, 1.82) is 5.26 Å². The summed E-state index contributed by atoms with van der Waals surface area (Å²) in [4.78, 5) is 17.0. The number of nitrogens with one attached hydrogen (secondary N) is 2. The van der Waals surface area contributed by atoms with Crippen LogP contribution in [0.3, 0.4) is 0 Å². The van der Waals surface area contributed by atoms with Gasteiger partial charge in [-0.15, -0.1) is 0 Å². The Morgan fingerprint density at radius 2 is 1.97 bits per heavy atom. The summed E-state index contributed by atoms with van der Waals surface area (Å²) in [6, 6.07) is 15.4. The van der Waals surface area contributed by atoms with Crippen molar-refractivity contribution in [1.82, 2.24) is 15.2 Å². The first-order valence-electron chi connectivity index (χ1n) is 9.23. The van der Waals surface area contributed by atoms with Gasteiger partial charge in [0.2, 0.25) is 0 Å². The molecule has 0 radical (unpaired) electrons. The Hall–Kier alpha value is -4.03. The average Bonchev–Trinajstić information content (AvgIpc) is 3.16. The maximum absolute atomic E-state index is 12.7. The second kappa shape index (κ2) is 7.66. The van der Waals surface area contributed by atoms with Gasteiger partial charge in [-0.25, -0.2) is 13.4 Å². The first-order chi connectivity index (χ1) is 14.8. The molecule has 0 saturated heterocycles. The van der Waals surface area contributed by atoms with Crippen molar-refractivity contribution in [3.63, 3.8) is 0 Å². The normalized spacial score (nSPS) is 11.3. The molecule has 9 heteroatoms. The van der Waals surface area contributed by atoms with Crippen LogP contribution in [-0.2, 0) is 9.84 Å². The molecule has 31 heavy (non-hydrogen) atoms. The van der Waals surface area contributed by atoms with Crippen LogP contribution in [0, 0.1) is 18.3 Å². The fourth-order valence-corrected chi connectivity index (χ4v) is 3.92. The van der Waals surface area contributed by atoms with Crippen molar-refractivity contribution in [2.45, 2.75) is 11.8 Å². The molecular weight excluding hydrogens is 414 g/mol. The van der Waals surface area contributed by atoms with E-state index < -0.39 is 15.7 Å². The first-order valence-corrected chi connectivity index (χ1v) is 11.1. The molecule has 8 nitrogen and oxygen atoms in total. The quantitative estimate of drug-likeness (QED) is 0.509. The number of sulfone groups is 1. The maximum Gasteiger partial charge on any atom is 0.274 e. The van der Waals surface area contributed by atoms with Crippen molar-refractivity contribution in [3.05, 3.63) is 71.5 Å². The van der Waals surface area contributed by atoms with Gasteiger partial charge in [0, 0.05) is 29.1 Å². The first kappa shape index (κ1) is 20.3. The van der Waals surface area contributed by atoms with Gasteiger partial charge < -0.3 is 5.32 Å². The lowest BCUT2D eigenvalue weighted by molar-refractivity contribution is 0.102. The Balaban J connectivity index is 1.70. The van der Waals surface area contributed by atoms with Crippen LogP contribution in [0.25, 0.3) is 22.2 Å². The number of nitrogens with zero attached hydrogens (tertiary/aromatic N) is 3. The second-order valence-corrected chi connectivity index (χ2v) is 9.10. The second-order valence-electron chi connectivity index (χ2n) is 7.09. The summed E-state index contributed by atoms with van der Waals surface area (Å²) >= 11 is 0. The zero-order valence-electron chi connectivity index (χ0n) is 16.7. The number of carbonyl (C=O) groups is 1. The van der Waals surface area contributed by atoms with E-state index in [-0.39, 0.29) is 10.6 Å². The molecular formula is C22H17N5O3S. The van der Waals surface area contributed by atoms with E-state index in [2.05, 4.69) is 20.5 Å². The summed E-state index contributed by atoms with van der Waals surface area (Å²) in [6.45, 7) is 1.72. The summed E-state index contributed by atoms with van der Waals surface area (Å²) in [7, 11) is -3.36. The number of anilines is 1. The molecule has 0 fully saturated rings. The van der Waals surface area contributed by atoms with Gasteiger partial charge in [0.05, 0.1) is 16.0 Å². The van der Waals surface area contributed by atoms with Crippen molar-refractivity contribution in [3.8, 4) is 17.3 Å². The van der Waals surface area contributed by atoms with Crippen LogP contribution in [0.5, 0.6) is 0 Å². The Morgan fingerprint density at radius 1 is 1.16 bits per heavy atom.